The third-order valence-electron chi connectivity index (χ3n) is 4.81. The second kappa shape index (κ2) is 7.58. The molecule has 25 heavy (non-hydrogen) atoms. The quantitative estimate of drug-likeness (QED) is 0.878. The lowest BCUT2D eigenvalue weighted by Crippen LogP contribution is -2.37. The van der Waals surface area contributed by atoms with Gasteiger partial charge in [0.15, 0.2) is 0 Å². The molecule has 0 amide bonds. The van der Waals surface area contributed by atoms with Crippen LogP contribution in [0.4, 0.5) is 5.69 Å². The number of nitrogens with zero attached hydrogens (tertiary/aromatic N) is 1. The lowest BCUT2D eigenvalue weighted by atomic mass is 10.0. The molecule has 1 aliphatic heterocycles. The Morgan fingerprint density at radius 2 is 1.76 bits per heavy atom. The van der Waals surface area contributed by atoms with Gasteiger partial charge in [-0.25, -0.2) is 8.42 Å². The zero-order valence-corrected chi connectivity index (χ0v) is 15.7. The van der Waals surface area contributed by atoms with Gasteiger partial charge in [-0.05, 0) is 55.5 Å². The average Bonchev–Trinajstić information content (AvgIpc) is 2.61. The van der Waals surface area contributed by atoms with Gasteiger partial charge in [-0.2, -0.15) is 4.31 Å². The Morgan fingerprint density at radius 1 is 1.08 bits per heavy atom. The van der Waals surface area contributed by atoms with Crippen molar-refractivity contribution in [1.29, 1.82) is 0 Å². The first kappa shape index (κ1) is 18.0. The predicted octanol–water partition coefficient (Wildman–Crippen LogP) is 4.03. The maximum Gasteiger partial charge on any atom is 0.243 e. The molecule has 134 valence electrons. The molecule has 1 saturated heterocycles. The Morgan fingerprint density at radius 3 is 2.40 bits per heavy atom. The van der Waals surface area contributed by atoms with Crippen LogP contribution in [0.2, 0.25) is 0 Å². The molecule has 0 bridgehead atoms. The van der Waals surface area contributed by atoms with Gasteiger partial charge in [0.05, 0.1) is 4.90 Å². The van der Waals surface area contributed by atoms with E-state index < -0.39 is 10.0 Å². The molecule has 0 atom stereocenters. The van der Waals surface area contributed by atoms with E-state index in [2.05, 4.69) is 37.4 Å². The van der Waals surface area contributed by atoms with Crippen molar-refractivity contribution in [1.82, 2.24) is 4.31 Å². The van der Waals surface area contributed by atoms with Gasteiger partial charge in [0.1, 0.15) is 0 Å². The van der Waals surface area contributed by atoms with E-state index in [1.54, 1.807) is 16.4 Å². The summed E-state index contributed by atoms with van der Waals surface area (Å²) in [7, 11) is -3.37. The van der Waals surface area contributed by atoms with E-state index in [1.165, 1.54) is 11.1 Å². The maximum atomic E-state index is 12.7. The van der Waals surface area contributed by atoms with Crippen molar-refractivity contribution < 1.29 is 8.42 Å². The second-order valence-corrected chi connectivity index (χ2v) is 8.89. The summed E-state index contributed by atoms with van der Waals surface area (Å²) in [4.78, 5) is 0.378. The summed E-state index contributed by atoms with van der Waals surface area (Å²) in [5.74, 6) is 0.611. The van der Waals surface area contributed by atoms with Crippen LogP contribution in [0, 0.1) is 12.8 Å². The topological polar surface area (TPSA) is 49.4 Å². The summed E-state index contributed by atoms with van der Waals surface area (Å²) in [6.07, 6.45) is 1.88. The number of anilines is 1. The summed E-state index contributed by atoms with van der Waals surface area (Å²) in [6.45, 7) is 6.22. The molecule has 1 heterocycles. The van der Waals surface area contributed by atoms with Gasteiger partial charge in [-0.1, -0.05) is 36.8 Å². The first-order chi connectivity index (χ1) is 11.9. The molecule has 0 saturated carbocycles. The number of nitrogens with one attached hydrogen (secondary N) is 1. The van der Waals surface area contributed by atoms with Crippen molar-refractivity contribution in [2.45, 2.75) is 38.1 Å². The van der Waals surface area contributed by atoms with Gasteiger partial charge in [0, 0.05) is 25.3 Å². The third-order valence-corrected chi connectivity index (χ3v) is 6.73. The Balaban J connectivity index is 1.65. The van der Waals surface area contributed by atoms with E-state index in [0.717, 1.165) is 25.1 Å². The number of sulfonamides is 1. The van der Waals surface area contributed by atoms with Crippen LogP contribution >= 0.6 is 0 Å². The minimum absolute atomic E-state index is 0.378. The molecule has 0 spiro atoms. The molecule has 3 rings (SSSR count). The second-order valence-electron chi connectivity index (χ2n) is 6.95. The molecule has 0 radical (unpaired) electrons. The molecule has 5 heteroatoms. The SMILES string of the molecule is Cc1cccc(CNc2ccc(S(=O)(=O)N3CCC(C)CC3)cc2)c1. The standard InChI is InChI=1S/C20H26N2O2S/c1-16-10-12-22(13-11-16)25(23,24)20-8-6-19(7-9-20)21-15-18-5-3-4-17(2)14-18/h3-9,14,16,21H,10-13,15H2,1-2H3. The van der Waals surface area contributed by atoms with E-state index >= 15 is 0 Å². The van der Waals surface area contributed by atoms with Crippen molar-refractivity contribution in [3.63, 3.8) is 0 Å². The molecule has 2 aromatic rings. The maximum absolute atomic E-state index is 12.7. The van der Waals surface area contributed by atoms with Gasteiger partial charge in [-0.15, -0.1) is 0 Å². The van der Waals surface area contributed by atoms with Crippen molar-refractivity contribution in [2.24, 2.45) is 5.92 Å². The van der Waals surface area contributed by atoms with E-state index in [1.807, 2.05) is 18.2 Å². The van der Waals surface area contributed by atoms with Crippen LogP contribution in [0.15, 0.2) is 53.4 Å². The Bertz CT molecular complexity index is 808. The predicted molar refractivity (Wildman–Crippen MR) is 102 cm³/mol. The Labute approximate surface area is 150 Å². The average molecular weight is 359 g/mol. The minimum Gasteiger partial charge on any atom is -0.381 e. The van der Waals surface area contributed by atoms with Crippen LogP contribution in [-0.2, 0) is 16.6 Å². The smallest absolute Gasteiger partial charge is 0.243 e. The number of hydrogen-bond donors (Lipinski definition) is 1. The molecule has 0 aliphatic carbocycles. The van der Waals surface area contributed by atoms with Crippen LogP contribution in [0.3, 0.4) is 0 Å². The highest BCUT2D eigenvalue weighted by Crippen LogP contribution is 2.24. The monoisotopic (exact) mass is 358 g/mol. The number of rotatable bonds is 5. The van der Waals surface area contributed by atoms with Crippen molar-refractivity contribution in [3.8, 4) is 0 Å². The van der Waals surface area contributed by atoms with E-state index in [-0.39, 0.29) is 0 Å². The summed E-state index contributed by atoms with van der Waals surface area (Å²) in [5, 5.41) is 3.34. The molecule has 4 nitrogen and oxygen atoms in total. The van der Waals surface area contributed by atoms with E-state index in [9.17, 15) is 8.42 Å². The zero-order chi connectivity index (χ0) is 17.9. The molecule has 2 aromatic carbocycles. The van der Waals surface area contributed by atoms with Crippen molar-refractivity contribution >= 4 is 15.7 Å². The summed E-state index contributed by atoms with van der Waals surface area (Å²) in [5.41, 5.74) is 3.36. The highest BCUT2D eigenvalue weighted by atomic mass is 32.2. The molecule has 1 fully saturated rings. The van der Waals surface area contributed by atoms with Gasteiger partial charge < -0.3 is 5.32 Å². The van der Waals surface area contributed by atoms with Gasteiger partial charge in [0.2, 0.25) is 10.0 Å². The van der Waals surface area contributed by atoms with Crippen LogP contribution in [0.5, 0.6) is 0 Å². The lowest BCUT2D eigenvalue weighted by molar-refractivity contribution is 0.288. The fourth-order valence-electron chi connectivity index (χ4n) is 3.15. The van der Waals surface area contributed by atoms with Crippen LogP contribution in [0.1, 0.15) is 30.9 Å². The first-order valence-electron chi connectivity index (χ1n) is 8.85. The summed E-state index contributed by atoms with van der Waals surface area (Å²) in [6, 6.07) is 15.4. The summed E-state index contributed by atoms with van der Waals surface area (Å²) >= 11 is 0. The van der Waals surface area contributed by atoms with E-state index in [4.69, 9.17) is 0 Å². The molecule has 1 N–H and O–H groups in total. The largest absolute Gasteiger partial charge is 0.381 e. The van der Waals surface area contributed by atoms with E-state index in [0.29, 0.717) is 23.9 Å². The fourth-order valence-corrected chi connectivity index (χ4v) is 4.62. The van der Waals surface area contributed by atoms with Crippen molar-refractivity contribution in [3.05, 3.63) is 59.7 Å². The number of hydrogen-bond acceptors (Lipinski definition) is 3. The first-order valence-corrected chi connectivity index (χ1v) is 10.3. The Kier molecular flexibility index (Phi) is 5.45. The number of aryl methyl sites for hydroxylation is 1. The van der Waals surface area contributed by atoms with Crippen LogP contribution in [0.25, 0.3) is 0 Å². The molecular weight excluding hydrogens is 332 g/mol. The lowest BCUT2D eigenvalue weighted by Gasteiger charge is -2.29. The van der Waals surface area contributed by atoms with Crippen LogP contribution in [-0.4, -0.2) is 25.8 Å². The Hall–Kier alpha value is -1.85. The molecule has 0 unspecified atom stereocenters. The number of piperidine rings is 1. The third kappa shape index (κ3) is 4.41. The normalized spacial score (nSPS) is 16.7. The molecule has 1 aliphatic rings. The van der Waals surface area contributed by atoms with Crippen molar-refractivity contribution in [2.75, 3.05) is 18.4 Å². The van der Waals surface area contributed by atoms with Gasteiger partial charge >= 0.3 is 0 Å². The van der Waals surface area contributed by atoms with Gasteiger partial charge in [0.25, 0.3) is 0 Å². The van der Waals surface area contributed by atoms with Gasteiger partial charge in [-0.3, -0.25) is 0 Å². The number of benzene rings is 2. The highest BCUT2D eigenvalue weighted by Gasteiger charge is 2.27. The fraction of sp³-hybridized carbons (Fsp3) is 0.400. The van der Waals surface area contributed by atoms with Crippen LogP contribution < -0.4 is 5.32 Å². The zero-order valence-electron chi connectivity index (χ0n) is 14.9. The minimum atomic E-state index is -3.37. The molecular formula is C20H26N2O2S. The highest BCUT2D eigenvalue weighted by molar-refractivity contribution is 7.89. The summed E-state index contributed by atoms with van der Waals surface area (Å²) < 4.78 is 27.1. The molecule has 0 aromatic heterocycles.